The summed E-state index contributed by atoms with van der Waals surface area (Å²) >= 11 is 0. The van der Waals surface area contributed by atoms with Crippen LogP contribution in [0.1, 0.15) is 22.7 Å². The van der Waals surface area contributed by atoms with Crippen LogP contribution in [0.25, 0.3) is 6.08 Å². The van der Waals surface area contributed by atoms with Crippen LogP contribution in [0.2, 0.25) is 0 Å². The van der Waals surface area contributed by atoms with Crippen LogP contribution in [-0.2, 0) is 10.0 Å². The van der Waals surface area contributed by atoms with Gasteiger partial charge >= 0.3 is 6.61 Å². The van der Waals surface area contributed by atoms with Gasteiger partial charge in [-0.1, -0.05) is 72.8 Å². The predicted molar refractivity (Wildman–Crippen MR) is 109 cm³/mol. The summed E-state index contributed by atoms with van der Waals surface area (Å²) < 4.78 is 57.1. The Labute approximate surface area is 168 Å². The Bertz CT molecular complexity index is 1040. The highest BCUT2D eigenvalue weighted by Gasteiger charge is 2.20. The lowest BCUT2D eigenvalue weighted by molar-refractivity contribution is -0.0498. The molecule has 0 amide bonds. The molecule has 0 aliphatic heterocycles. The standard InChI is InChI=1S/C22H19F2NO3S/c23-22(24)28-20-13-11-19(12-14-20)21(18-9-5-2-6-10-18)25-29(26,27)16-15-17-7-3-1-4-8-17/h1-16,21-22,25H/b16-15+/t21-/m0/s1. The molecule has 1 atom stereocenters. The largest absolute Gasteiger partial charge is 0.435 e. The minimum atomic E-state index is -3.79. The molecule has 4 nitrogen and oxygen atoms in total. The van der Waals surface area contributed by atoms with E-state index < -0.39 is 22.7 Å². The Morgan fingerprint density at radius 1 is 0.793 bits per heavy atom. The third-order valence-electron chi connectivity index (χ3n) is 4.09. The minimum Gasteiger partial charge on any atom is -0.435 e. The highest BCUT2D eigenvalue weighted by molar-refractivity contribution is 7.92. The van der Waals surface area contributed by atoms with E-state index in [-0.39, 0.29) is 5.75 Å². The molecule has 0 heterocycles. The van der Waals surface area contributed by atoms with Gasteiger partial charge in [0.25, 0.3) is 0 Å². The van der Waals surface area contributed by atoms with Crippen molar-refractivity contribution in [3.63, 3.8) is 0 Å². The minimum absolute atomic E-state index is 0.00222. The average Bonchev–Trinajstić information content (AvgIpc) is 2.72. The van der Waals surface area contributed by atoms with Gasteiger partial charge in [-0.25, -0.2) is 8.42 Å². The fourth-order valence-corrected chi connectivity index (χ4v) is 3.77. The first-order valence-electron chi connectivity index (χ1n) is 8.78. The van der Waals surface area contributed by atoms with E-state index in [1.165, 1.54) is 18.2 Å². The van der Waals surface area contributed by atoms with Gasteiger partial charge in [0.15, 0.2) is 0 Å². The number of benzene rings is 3. The molecule has 3 aromatic carbocycles. The molecule has 0 saturated carbocycles. The van der Waals surface area contributed by atoms with Crippen LogP contribution in [0.5, 0.6) is 5.75 Å². The summed E-state index contributed by atoms with van der Waals surface area (Å²) in [5.41, 5.74) is 2.06. The van der Waals surface area contributed by atoms with Crippen LogP contribution in [0.3, 0.4) is 0 Å². The van der Waals surface area contributed by atoms with Crippen LogP contribution >= 0.6 is 0 Å². The molecule has 0 spiro atoms. The molecule has 3 aromatic rings. The first-order valence-corrected chi connectivity index (χ1v) is 10.3. The highest BCUT2D eigenvalue weighted by atomic mass is 32.2. The summed E-state index contributed by atoms with van der Waals surface area (Å²) in [6.07, 6.45) is 1.50. The van der Waals surface area contributed by atoms with Crippen LogP contribution in [-0.4, -0.2) is 15.0 Å². The van der Waals surface area contributed by atoms with E-state index in [9.17, 15) is 17.2 Å². The van der Waals surface area contributed by atoms with Crippen LogP contribution < -0.4 is 9.46 Å². The molecule has 0 radical (unpaired) electrons. The van der Waals surface area contributed by atoms with Crippen LogP contribution in [0.4, 0.5) is 8.78 Å². The van der Waals surface area contributed by atoms with Gasteiger partial charge in [-0.15, -0.1) is 0 Å². The Balaban J connectivity index is 1.87. The van der Waals surface area contributed by atoms with E-state index in [0.717, 1.165) is 11.0 Å². The van der Waals surface area contributed by atoms with Crippen LogP contribution in [0, 0.1) is 0 Å². The number of alkyl halides is 2. The summed E-state index contributed by atoms with van der Waals surface area (Å²) in [7, 11) is -3.79. The van der Waals surface area contributed by atoms with Crippen molar-refractivity contribution in [2.75, 3.05) is 0 Å². The fraction of sp³-hybridized carbons (Fsp3) is 0.0909. The second-order valence-electron chi connectivity index (χ2n) is 6.17. The normalized spacial score (nSPS) is 12.9. The van der Waals surface area contributed by atoms with E-state index in [4.69, 9.17) is 0 Å². The maximum absolute atomic E-state index is 12.7. The monoisotopic (exact) mass is 415 g/mol. The number of hydrogen-bond acceptors (Lipinski definition) is 3. The van der Waals surface area contributed by atoms with E-state index in [2.05, 4.69) is 9.46 Å². The molecule has 0 saturated heterocycles. The summed E-state index contributed by atoms with van der Waals surface area (Å²) in [6.45, 7) is -2.92. The van der Waals surface area contributed by atoms with E-state index in [0.29, 0.717) is 11.1 Å². The zero-order valence-corrected chi connectivity index (χ0v) is 16.1. The Kier molecular flexibility index (Phi) is 6.74. The van der Waals surface area contributed by atoms with Crippen molar-refractivity contribution in [1.82, 2.24) is 4.72 Å². The SMILES string of the molecule is O=S(=O)(/C=C/c1ccccc1)N[C@@H](c1ccccc1)c1ccc(OC(F)F)cc1. The molecule has 3 rings (SSSR count). The lowest BCUT2D eigenvalue weighted by atomic mass is 10.00. The van der Waals surface area contributed by atoms with Gasteiger partial charge < -0.3 is 4.74 Å². The average molecular weight is 415 g/mol. The summed E-state index contributed by atoms with van der Waals surface area (Å²) in [6, 6.07) is 23.2. The molecule has 0 unspecified atom stereocenters. The van der Waals surface area contributed by atoms with Gasteiger partial charge in [-0.05, 0) is 34.9 Å². The van der Waals surface area contributed by atoms with Gasteiger partial charge in [-0.3, -0.25) is 0 Å². The van der Waals surface area contributed by atoms with E-state index in [1.807, 2.05) is 24.3 Å². The zero-order chi connectivity index (χ0) is 20.7. The fourth-order valence-electron chi connectivity index (χ4n) is 2.75. The molecule has 7 heteroatoms. The van der Waals surface area contributed by atoms with Gasteiger partial charge in [-0.2, -0.15) is 13.5 Å². The maximum Gasteiger partial charge on any atom is 0.387 e. The lowest BCUT2D eigenvalue weighted by Crippen LogP contribution is -2.27. The maximum atomic E-state index is 12.7. The van der Waals surface area contributed by atoms with Crippen LogP contribution in [0.15, 0.2) is 90.3 Å². The van der Waals surface area contributed by atoms with Crippen molar-refractivity contribution in [3.05, 3.63) is 107 Å². The number of ether oxygens (including phenoxy) is 1. The van der Waals surface area contributed by atoms with Crippen molar-refractivity contribution < 1.29 is 21.9 Å². The third kappa shape index (κ3) is 6.23. The molecule has 0 bridgehead atoms. The number of halogens is 2. The molecular formula is C22H19F2NO3S. The summed E-state index contributed by atoms with van der Waals surface area (Å²) in [5, 5.41) is 1.10. The third-order valence-corrected chi connectivity index (χ3v) is 5.15. The van der Waals surface area contributed by atoms with Gasteiger partial charge in [0, 0.05) is 5.41 Å². The zero-order valence-electron chi connectivity index (χ0n) is 15.3. The Morgan fingerprint density at radius 2 is 1.34 bits per heavy atom. The van der Waals surface area contributed by atoms with Gasteiger partial charge in [0.2, 0.25) is 10.0 Å². The number of rotatable bonds is 8. The topological polar surface area (TPSA) is 55.4 Å². The molecule has 1 N–H and O–H groups in total. The van der Waals surface area contributed by atoms with Gasteiger partial charge in [0.1, 0.15) is 5.75 Å². The molecule has 150 valence electrons. The molecule has 29 heavy (non-hydrogen) atoms. The summed E-state index contributed by atoms with van der Waals surface area (Å²) in [5.74, 6) is 0.00222. The Morgan fingerprint density at radius 3 is 1.93 bits per heavy atom. The molecule has 0 aliphatic rings. The van der Waals surface area contributed by atoms with Crippen molar-refractivity contribution in [2.24, 2.45) is 0 Å². The van der Waals surface area contributed by atoms with E-state index >= 15 is 0 Å². The number of nitrogens with one attached hydrogen (secondary N) is 1. The Hall–Kier alpha value is -3.03. The molecule has 0 fully saturated rings. The quantitative estimate of drug-likeness (QED) is 0.565. The second kappa shape index (κ2) is 9.45. The van der Waals surface area contributed by atoms with Crippen molar-refractivity contribution >= 4 is 16.1 Å². The van der Waals surface area contributed by atoms with Crippen molar-refractivity contribution in [1.29, 1.82) is 0 Å². The van der Waals surface area contributed by atoms with Gasteiger partial charge in [0.05, 0.1) is 6.04 Å². The first kappa shape index (κ1) is 20.7. The second-order valence-corrected chi connectivity index (χ2v) is 7.77. The summed E-state index contributed by atoms with van der Waals surface area (Å²) in [4.78, 5) is 0. The first-order chi connectivity index (χ1) is 13.9. The number of hydrogen-bond donors (Lipinski definition) is 1. The lowest BCUT2D eigenvalue weighted by Gasteiger charge is -2.19. The van der Waals surface area contributed by atoms with E-state index in [1.54, 1.807) is 48.5 Å². The molecule has 0 aromatic heterocycles. The number of sulfonamides is 1. The smallest absolute Gasteiger partial charge is 0.387 e. The van der Waals surface area contributed by atoms with Crippen molar-refractivity contribution in [3.8, 4) is 5.75 Å². The van der Waals surface area contributed by atoms with Crippen molar-refractivity contribution in [2.45, 2.75) is 12.7 Å². The molecular weight excluding hydrogens is 396 g/mol. The molecule has 0 aliphatic carbocycles. The highest BCUT2D eigenvalue weighted by Crippen LogP contribution is 2.26. The predicted octanol–water partition coefficient (Wildman–Crippen LogP) is 4.97.